The van der Waals surface area contributed by atoms with Gasteiger partial charge in [0, 0.05) is 12.5 Å². The summed E-state index contributed by atoms with van der Waals surface area (Å²) in [6.45, 7) is 4.92. The van der Waals surface area contributed by atoms with Crippen molar-refractivity contribution in [3.8, 4) is 0 Å². The van der Waals surface area contributed by atoms with Crippen LogP contribution in [0.1, 0.15) is 26.7 Å². The molecule has 0 spiro atoms. The molecule has 0 bridgehead atoms. The van der Waals surface area contributed by atoms with Gasteiger partial charge in [0.05, 0.1) is 0 Å². The van der Waals surface area contributed by atoms with Gasteiger partial charge in [0.1, 0.15) is 0 Å². The van der Waals surface area contributed by atoms with Gasteiger partial charge in [-0.3, -0.25) is 4.79 Å². The molecule has 2 heteroatoms. The molecule has 0 aliphatic heterocycles. The molecule has 1 saturated carbocycles. The van der Waals surface area contributed by atoms with Crippen LogP contribution in [0.15, 0.2) is 0 Å². The molecule has 0 atom stereocenters. The van der Waals surface area contributed by atoms with Gasteiger partial charge in [0.15, 0.2) is 0 Å². The molecule has 1 fully saturated rings. The second-order valence-corrected chi connectivity index (χ2v) is 3.17. The van der Waals surface area contributed by atoms with Crippen LogP contribution in [0.5, 0.6) is 0 Å². The number of hydrogen-bond donors (Lipinski definition) is 1. The zero-order valence-electron chi connectivity index (χ0n) is 6.68. The van der Waals surface area contributed by atoms with Gasteiger partial charge in [-0.2, -0.15) is 0 Å². The van der Waals surface area contributed by atoms with Crippen LogP contribution in [0.3, 0.4) is 0 Å². The molecule has 2 nitrogen and oxygen atoms in total. The Balaban J connectivity index is 2.18. The van der Waals surface area contributed by atoms with Gasteiger partial charge in [0.25, 0.3) is 0 Å². The van der Waals surface area contributed by atoms with E-state index in [4.69, 9.17) is 0 Å². The van der Waals surface area contributed by atoms with E-state index in [1.165, 1.54) is 0 Å². The number of carbonyl (C=O) groups is 1. The zero-order chi connectivity index (χ0) is 7.56. The average molecular weight is 141 g/mol. The normalized spacial score (nSPS) is 31.0. The molecule has 0 heterocycles. The van der Waals surface area contributed by atoms with E-state index in [-0.39, 0.29) is 5.91 Å². The van der Waals surface area contributed by atoms with Gasteiger partial charge in [-0.15, -0.1) is 0 Å². The van der Waals surface area contributed by atoms with Crippen LogP contribution in [0.4, 0.5) is 0 Å². The highest BCUT2D eigenvalue weighted by Gasteiger charge is 2.30. The van der Waals surface area contributed by atoms with E-state index in [1.54, 1.807) is 0 Å². The minimum Gasteiger partial charge on any atom is -0.356 e. The van der Waals surface area contributed by atoms with Crippen molar-refractivity contribution in [1.29, 1.82) is 0 Å². The summed E-state index contributed by atoms with van der Waals surface area (Å²) in [5.74, 6) is 1.35. The Hall–Kier alpha value is -0.530. The first-order chi connectivity index (χ1) is 4.74. The maximum atomic E-state index is 11.1. The van der Waals surface area contributed by atoms with E-state index in [0.717, 1.165) is 25.3 Å². The van der Waals surface area contributed by atoms with Gasteiger partial charge in [-0.25, -0.2) is 0 Å². The van der Waals surface area contributed by atoms with Crippen molar-refractivity contribution in [2.45, 2.75) is 26.7 Å². The fourth-order valence-corrected chi connectivity index (χ4v) is 1.44. The van der Waals surface area contributed by atoms with Gasteiger partial charge >= 0.3 is 0 Å². The largest absolute Gasteiger partial charge is 0.356 e. The van der Waals surface area contributed by atoms with Gasteiger partial charge < -0.3 is 5.32 Å². The summed E-state index contributed by atoms with van der Waals surface area (Å²) in [7, 11) is 0. The zero-order valence-corrected chi connectivity index (χ0v) is 6.68. The molecule has 0 aromatic carbocycles. The molecular weight excluding hydrogens is 126 g/mol. The van der Waals surface area contributed by atoms with Crippen LogP contribution in [0, 0.1) is 11.8 Å². The minimum atomic E-state index is 0.251. The fourth-order valence-electron chi connectivity index (χ4n) is 1.44. The second kappa shape index (κ2) is 3.04. The summed E-state index contributed by atoms with van der Waals surface area (Å²) in [4.78, 5) is 11.1. The van der Waals surface area contributed by atoms with Crippen LogP contribution < -0.4 is 5.32 Å². The number of rotatable bonds is 2. The molecule has 0 aromatic rings. The molecule has 10 heavy (non-hydrogen) atoms. The Morgan fingerprint density at radius 3 is 2.60 bits per heavy atom. The summed E-state index contributed by atoms with van der Waals surface area (Å²) in [6.07, 6.45) is 2.18. The van der Waals surface area contributed by atoms with Crippen molar-refractivity contribution in [3.05, 3.63) is 0 Å². The Labute approximate surface area is 62.0 Å². The summed E-state index contributed by atoms with van der Waals surface area (Å²) in [6, 6.07) is 0. The molecule has 0 radical (unpaired) electrons. The summed E-state index contributed by atoms with van der Waals surface area (Å²) in [5.41, 5.74) is 0. The molecule has 58 valence electrons. The monoisotopic (exact) mass is 141 g/mol. The standard InChI is InChI=1S/C8H15NO/c1-3-9-8(10)7-4-6(2)5-7/h6-7H,3-5H2,1-2H3,(H,9,10)/t6-,7-. The van der Waals surface area contributed by atoms with E-state index < -0.39 is 0 Å². The number of carbonyl (C=O) groups excluding carboxylic acids is 1. The minimum absolute atomic E-state index is 0.251. The molecular formula is C8H15NO. The summed E-state index contributed by atoms with van der Waals surface area (Å²) in [5, 5.41) is 2.83. The maximum absolute atomic E-state index is 11.1. The fraction of sp³-hybridized carbons (Fsp3) is 0.875. The topological polar surface area (TPSA) is 29.1 Å². The third-order valence-corrected chi connectivity index (χ3v) is 2.10. The van der Waals surface area contributed by atoms with E-state index >= 15 is 0 Å². The average Bonchev–Trinajstić information content (AvgIpc) is 1.82. The van der Waals surface area contributed by atoms with Crippen molar-refractivity contribution in [3.63, 3.8) is 0 Å². The maximum Gasteiger partial charge on any atom is 0.223 e. The lowest BCUT2D eigenvalue weighted by atomic mass is 9.76. The smallest absolute Gasteiger partial charge is 0.223 e. The van der Waals surface area contributed by atoms with Crippen LogP contribution >= 0.6 is 0 Å². The molecule has 1 rings (SSSR count). The Bertz CT molecular complexity index is 127. The van der Waals surface area contributed by atoms with Crippen molar-refractivity contribution in [1.82, 2.24) is 5.32 Å². The molecule has 1 amide bonds. The van der Waals surface area contributed by atoms with Gasteiger partial charge in [0.2, 0.25) is 5.91 Å². The first-order valence-corrected chi connectivity index (χ1v) is 4.01. The van der Waals surface area contributed by atoms with Gasteiger partial charge in [-0.05, 0) is 25.7 Å². The van der Waals surface area contributed by atoms with Crippen molar-refractivity contribution < 1.29 is 4.79 Å². The Kier molecular flexibility index (Phi) is 2.30. The van der Waals surface area contributed by atoms with E-state index in [2.05, 4.69) is 12.2 Å². The van der Waals surface area contributed by atoms with Crippen LogP contribution in [-0.4, -0.2) is 12.5 Å². The van der Waals surface area contributed by atoms with Crippen LogP contribution in [-0.2, 0) is 4.79 Å². The lowest BCUT2D eigenvalue weighted by Crippen LogP contribution is -2.37. The van der Waals surface area contributed by atoms with E-state index in [1.807, 2.05) is 6.92 Å². The summed E-state index contributed by atoms with van der Waals surface area (Å²) < 4.78 is 0. The molecule has 1 aliphatic rings. The SMILES string of the molecule is CCNC(=O)[C@H]1C[C@H](C)C1. The van der Waals surface area contributed by atoms with Crippen LogP contribution in [0.25, 0.3) is 0 Å². The lowest BCUT2D eigenvalue weighted by Gasteiger charge is -2.31. The molecule has 0 saturated heterocycles. The van der Waals surface area contributed by atoms with Gasteiger partial charge in [-0.1, -0.05) is 6.92 Å². The lowest BCUT2D eigenvalue weighted by molar-refractivity contribution is -0.128. The highest BCUT2D eigenvalue weighted by atomic mass is 16.1. The predicted molar refractivity (Wildman–Crippen MR) is 40.6 cm³/mol. The van der Waals surface area contributed by atoms with Crippen molar-refractivity contribution >= 4 is 5.91 Å². The predicted octanol–water partition coefficient (Wildman–Crippen LogP) is 1.17. The highest BCUT2D eigenvalue weighted by molar-refractivity contribution is 5.79. The Morgan fingerprint density at radius 2 is 2.20 bits per heavy atom. The quantitative estimate of drug-likeness (QED) is 0.614. The first-order valence-electron chi connectivity index (χ1n) is 4.01. The first kappa shape index (κ1) is 7.58. The number of amides is 1. The molecule has 0 aromatic heterocycles. The second-order valence-electron chi connectivity index (χ2n) is 3.17. The van der Waals surface area contributed by atoms with E-state index in [9.17, 15) is 4.79 Å². The summed E-state index contributed by atoms with van der Waals surface area (Å²) >= 11 is 0. The van der Waals surface area contributed by atoms with E-state index in [0.29, 0.717) is 5.92 Å². The highest BCUT2D eigenvalue weighted by Crippen LogP contribution is 2.32. The molecule has 1 N–H and O–H groups in total. The third-order valence-electron chi connectivity index (χ3n) is 2.10. The van der Waals surface area contributed by atoms with Crippen LogP contribution in [0.2, 0.25) is 0 Å². The number of hydrogen-bond acceptors (Lipinski definition) is 1. The Morgan fingerprint density at radius 1 is 1.60 bits per heavy atom. The van der Waals surface area contributed by atoms with Crippen molar-refractivity contribution in [2.75, 3.05) is 6.54 Å². The molecule has 0 unspecified atom stereocenters. The molecule has 1 aliphatic carbocycles. The third kappa shape index (κ3) is 1.49. The van der Waals surface area contributed by atoms with Crippen molar-refractivity contribution in [2.24, 2.45) is 11.8 Å². The number of nitrogens with one attached hydrogen (secondary N) is 1.